The number of benzene rings is 1. The van der Waals surface area contributed by atoms with Gasteiger partial charge in [-0.1, -0.05) is 44.2 Å². The summed E-state index contributed by atoms with van der Waals surface area (Å²) in [6.45, 7) is 7.69. The maximum absolute atomic E-state index is 5.06. The predicted molar refractivity (Wildman–Crippen MR) is 85.4 cm³/mol. The van der Waals surface area contributed by atoms with Crippen LogP contribution < -0.4 is 5.32 Å². The molecule has 0 aliphatic carbocycles. The highest BCUT2D eigenvalue weighted by Crippen LogP contribution is 2.20. The van der Waals surface area contributed by atoms with Crippen molar-refractivity contribution in [3.05, 3.63) is 53.3 Å². The Balaban J connectivity index is 2.09. The third-order valence-electron chi connectivity index (χ3n) is 3.48. The summed E-state index contributed by atoms with van der Waals surface area (Å²) in [6.07, 6.45) is 1.98. The van der Waals surface area contributed by atoms with Crippen molar-refractivity contribution in [2.75, 3.05) is 20.3 Å². The summed E-state index contributed by atoms with van der Waals surface area (Å²) in [7, 11) is 1.72. The van der Waals surface area contributed by atoms with E-state index in [0.717, 1.165) is 26.2 Å². The largest absolute Gasteiger partial charge is 0.383 e. The highest BCUT2D eigenvalue weighted by molar-refractivity contribution is 5.23. The van der Waals surface area contributed by atoms with Gasteiger partial charge in [-0.25, -0.2) is 0 Å². The van der Waals surface area contributed by atoms with Gasteiger partial charge in [-0.05, 0) is 11.5 Å². The number of hydrogen-bond acceptors (Lipinski definition) is 3. The molecule has 2 rings (SSSR count). The second-order valence-electron chi connectivity index (χ2n) is 5.52. The van der Waals surface area contributed by atoms with Gasteiger partial charge < -0.3 is 10.1 Å². The van der Waals surface area contributed by atoms with E-state index in [1.54, 1.807) is 7.11 Å². The standard InChI is InChI=1S/C17H25N3O/c1-14(2)17-16(11-18-9-10-21-3)12-19-20(17)13-15-7-5-4-6-8-15/h4-8,12,14,18H,9-11,13H2,1-3H3. The third-order valence-corrected chi connectivity index (χ3v) is 3.48. The van der Waals surface area contributed by atoms with Gasteiger partial charge in [-0.3, -0.25) is 4.68 Å². The van der Waals surface area contributed by atoms with E-state index in [2.05, 4.69) is 53.2 Å². The van der Waals surface area contributed by atoms with Gasteiger partial charge in [0.2, 0.25) is 0 Å². The molecule has 0 saturated carbocycles. The summed E-state index contributed by atoms with van der Waals surface area (Å²) in [5.41, 5.74) is 3.86. The van der Waals surface area contributed by atoms with Crippen molar-refractivity contribution in [1.29, 1.82) is 0 Å². The van der Waals surface area contributed by atoms with E-state index in [-0.39, 0.29) is 0 Å². The molecule has 21 heavy (non-hydrogen) atoms. The average Bonchev–Trinajstić information content (AvgIpc) is 2.87. The number of ether oxygens (including phenoxy) is 1. The minimum Gasteiger partial charge on any atom is -0.383 e. The maximum atomic E-state index is 5.06. The minimum absolute atomic E-state index is 0.454. The molecule has 0 aliphatic heterocycles. The van der Waals surface area contributed by atoms with E-state index in [0.29, 0.717) is 5.92 Å². The van der Waals surface area contributed by atoms with Crippen LogP contribution in [0.1, 0.15) is 36.6 Å². The first-order valence-corrected chi connectivity index (χ1v) is 7.50. The molecule has 114 valence electrons. The Bertz CT molecular complexity index is 534. The zero-order valence-electron chi connectivity index (χ0n) is 13.2. The van der Waals surface area contributed by atoms with Crippen LogP contribution in [0.2, 0.25) is 0 Å². The Morgan fingerprint density at radius 1 is 1.24 bits per heavy atom. The summed E-state index contributed by atoms with van der Waals surface area (Å²) < 4.78 is 7.18. The molecule has 0 aliphatic rings. The second kappa shape index (κ2) is 7.96. The lowest BCUT2D eigenvalue weighted by molar-refractivity contribution is 0.199. The molecule has 1 aromatic carbocycles. The Hall–Kier alpha value is -1.65. The van der Waals surface area contributed by atoms with E-state index in [1.165, 1.54) is 16.8 Å². The molecule has 0 unspecified atom stereocenters. The highest BCUT2D eigenvalue weighted by atomic mass is 16.5. The van der Waals surface area contributed by atoms with Crippen molar-refractivity contribution < 1.29 is 4.74 Å². The minimum atomic E-state index is 0.454. The molecule has 4 heteroatoms. The molecule has 0 atom stereocenters. The highest BCUT2D eigenvalue weighted by Gasteiger charge is 2.14. The average molecular weight is 287 g/mol. The quantitative estimate of drug-likeness (QED) is 0.759. The van der Waals surface area contributed by atoms with Crippen LogP contribution in [-0.2, 0) is 17.8 Å². The summed E-state index contributed by atoms with van der Waals surface area (Å²) >= 11 is 0. The van der Waals surface area contributed by atoms with Gasteiger partial charge in [0.15, 0.2) is 0 Å². The molecule has 0 fully saturated rings. The lowest BCUT2D eigenvalue weighted by atomic mass is 10.1. The zero-order chi connectivity index (χ0) is 15.1. The fourth-order valence-electron chi connectivity index (χ4n) is 2.52. The SMILES string of the molecule is COCCNCc1cnn(Cc2ccccc2)c1C(C)C. The Morgan fingerprint density at radius 2 is 2.00 bits per heavy atom. The Labute approximate surface area is 127 Å². The lowest BCUT2D eigenvalue weighted by Crippen LogP contribution is -2.19. The third kappa shape index (κ3) is 4.41. The van der Waals surface area contributed by atoms with Crippen LogP contribution in [0.4, 0.5) is 0 Å². The van der Waals surface area contributed by atoms with Crippen LogP contribution in [0.3, 0.4) is 0 Å². The molecule has 4 nitrogen and oxygen atoms in total. The van der Waals surface area contributed by atoms with E-state index in [4.69, 9.17) is 4.74 Å². The number of nitrogens with zero attached hydrogens (tertiary/aromatic N) is 2. The molecular weight excluding hydrogens is 262 g/mol. The molecular formula is C17H25N3O. The van der Waals surface area contributed by atoms with Gasteiger partial charge in [0, 0.05) is 31.5 Å². The summed E-state index contributed by atoms with van der Waals surface area (Å²) in [4.78, 5) is 0. The van der Waals surface area contributed by atoms with Crippen molar-refractivity contribution >= 4 is 0 Å². The molecule has 0 saturated heterocycles. The van der Waals surface area contributed by atoms with Gasteiger partial charge in [0.1, 0.15) is 0 Å². The predicted octanol–water partition coefficient (Wildman–Crippen LogP) is 2.79. The number of aromatic nitrogens is 2. The number of nitrogens with one attached hydrogen (secondary N) is 1. The zero-order valence-corrected chi connectivity index (χ0v) is 13.2. The van der Waals surface area contributed by atoms with Crippen molar-refractivity contribution in [2.24, 2.45) is 0 Å². The van der Waals surface area contributed by atoms with Crippen LogP contribution >= 0.6 is 0 Å². The van der Waals surface area contributed by atoms with Gasteiger partial charge in [0.05, 0.1) is 19.3 Å². The van der Waals surface area contributed by atoms with Gasteiger partial charge in [0.25, 0.3) is 0 Å². The first-order valence-electron chi connectivity index (χ1n) is 7.50. The van der Waals surface area contributed by atoms with Crippen molar-refractivity contribution in [2.45, 2.75) is 32.9 Å². The molecule has 0 bridgehead atoms. The van der Waals surface area contributed by atoms with Crippen LogP contribution in [0, 0.1) is 0 Å². The second-order valence-corrected chi connectivity index (χ2v) is 5.52. The molecule has 1 aromatic heterocycles. The van der Waals surface area contributed by atoms with E-state index >= 15 is 0 Å². The number of hydrogen-bond donors (Lipinski definition) is 1. The van der Waals surface area contributed by atoms with E-state index in [1.807, 2.05) is 12.3 Å². The van der Waals surface area contributed by atoms with E-state index < -0.39 is 0 Å². The Morgan fingerprint density at radius 3 is 2.67 bits per heavy atom. The fourth-order valence-corrected chi connectivity index (χ4v) is 2.52. The topological polar surface area (TPSA) is 39.1 Å². The van der Waals surface area contributed by atoms with Gasteiger partial charge >= 0.3 is 0 Å². The lowest BCUT2D eigenvalue weighted by Gasteiger charge is -2.13. The van der Waals surface area contributed by atoms with Crippen molar-refractivity contribution in [3.63, 3.8) is 0 Å². The molecule has 0 amide bonds. The molecule has 0 radical (unpaired) electrons. The number of methoxy groups -OCH3 is 1. The van der Waals surface area contributed by atoms with Gasteiger partial charge in [-0.15, -0.1) is 0 Å². The summed E-state index contributed by atoms with van der Waals surface area (Å²) in [5.74, 6) is 0.454. The molecule has 2 aromatic rings. The molecule has 1 heterocycles. The smallest absolute Gasteiger partial charge is 0.0662 e. The van der Waals surface area contributed by atoms with Gasteiger partial charge in [-0.2, -0.15) is 5.10 Å². The number of rotatable bonds is 8. The van der Waals surface area contributed by atoms with Crippen LogP contribution in [0.15, 0.2) is 36.5 Å². The fraction of sp³-hybridized carbons (Fsp3) is 0.471. The first kappa shape index (κ1) is 15.7. The monoisotopic (exact) mass is 287 g/mol. The van der Waals surface area contributed by atoms with Crippen molar-refractivity contribution in [3.8, 4) is 0 Å². The van der Waals surface area contributed by atoms with Crippen LogP contribution in [0.5, 0.6) is 0 Å². The van der Waals surface area contributed by atoms with Crippen molar-refractivity contribution in [1.82, 2.24) is 15.1 Å². The van der Waals surface area contributed by atoms with E-state index in [9.17, 15) is 0 Å². The molecule has 0 spiro atoms. The van der Waals surface area contributed by atoms with Crippen LogP contribution in [0.25, 0.3) is 0 Å². The summed E-state index contributed by atoms with van der Waals surface area (Å²) in [5, 5.41) is 7.97. The normalized spacial score (nSPS) is 11.2. The first-order chi connectivity index (χ1) is 10.2. The molecule has 1 N–H and O–H groups in total. The Kier molecular flexibility index (Phi) is 5.96. The maximum Gasteiger partial charge on any atom is 0.0662 e. The summed E-state index contributed by atoms with van der Waals surface area (Å²) in [6, 6.07) is 10.5. The van der Waals surface area contributed by atoms with Crippen LogP contribution in [-0.4, -0.2) is 30.0 Å².